The van der Waals surface area contributed by atoms with Gasteiger partial charge in [-0.1, -0.05) is 13.8 Å². The molecule has 5 nitrogen and oxygen atoms in total. The molecule has 1 aromatic rings. The fourth-order valence-corrected chi connectivity index (χ4v) is 2.42. The van der Waals surface area contributed by atoms with Gasteiger partial charge in [0.1, 0.15) is 4.90 Å². The van der Waals surface area contributed by atoms with Gasteiger partial charge in [0.2, 0.25) is 0 Å². The third-order valence-corrected chi connectivity index (χ3v) is 3.55. The average molecular weight is 225 g/mol. The standard InChI is InChI=1S/C9H11N3O2S/c1-6(2)8-5-9-7(11-12-8)3-4-10-15(9,13)14/h4-6H,3H2,1-2H3. The molecule has 0 radical (unpaired) electrons. The Kier molecular flexibility index (Phi) is 2.30. The summed E-state index contributed by atoms with van der Waals surface area (Å²) in [6.45, 7) is 3.88. The van der Waals surface area contributed by atoms with Crippen molar-refractivity contribution in [2.75, 3.05) is 0 Å². The normalized spacial score (nSPS) is 17.8. The first-order chi connectivity index (χ1) is 7.00. The first-order valence-electron chi connectivity index (χ1n) is 4.66. The molecule has 0 saturated heterocycles. The summed E-state index contributed by atoms with van der Waals surface area (Å²) in [6.07, 6.45) is 1.78. The fourth-order valence-electron chi connectivity index (χ4n) is 1.34. The molecule has 0 saturated carbocycles. The molecular weight excluding hydrogens is 214 g/mol. The van der Waals surface area contributed by atoms with Crippen molar-refractivity contribution in [1.82, 2.24) is 10.2 Å². The summed E-state index contributed by atoms with van der Waals surface area (Å²) in [7, 11) is -3.53. The zero-order valence-corrected chi connectivity index (χ0v) is 9.32. The van der Waals surface area contributed by atoms with Crippen LogP contribution in [0.3, 0.4) is 0 Å². The monoisotopic (exact) mass is 225 g/mol. The van der Waals surface area contributed by atoms with E-state index in [9.17, 15) is 8.42 Å². The fraction of sp³-hybridized carbons (Fsp3) is 0.444. The largest absolute Gasteiger partial charge is 0.283 e. The maximum atomic E-state index is 11.6. The predicted octanol–water partition coefficient (Wildman–Crippen LogP) is 0.916. The maximum absolute atomic E-state index is 11.6. The van der Waals surface area contributed by atoms with Crippen LogP contribution in [0.2, 0.25) is 0 Å². The molecule has 0 N–H and O–H groups in total. The van der Waals surface area contributed by atoms with Gasteiger partial charge in [-0.3, -0.25) is 0 Å². The van der Waals surface area contributed by atoms with E-state index in [0.717, 1.165) is 0 Å². The van der Waals surface area contributed by atoms with E-state index in [0.29, 0.717) is 17.8 Å². The van der Waals surface area contributed by atoms with Gasteiger partial charge in [-0.25, -0.2) is 0 Å². The number of hydrogen-bond donors (Lipinski definition) is 0. The minimum Gasteiger partial charge on any atom is -0.199 e. The molecule has 80 valence electrons. The molecule has 2 heterocycles. The number of nitrogens with zero attached hydrogens (tertiary/aromatic N) is 3. The maximum Gasteiger partial charge on any atom is 0.283 e. The van der Waals surface area contributed by atoms with E-state index in [1.807, 2.05) is 13.8 Å². The van der Waals surface area contributed by atoms with Crippen LogP contribution >= 0.6 is 0 Å². The van der Waals surface area contributed by atoms with Crippen LogP contribution in [0.5, 0.6) is 0 Å². The minimum atomic E-state index is -3.53. The van der Waals surface area contributed by atoms with Crippen molar-refractivity contribution in [2.24, 2.45) is 4.40 Å². The summed E-state index contributed by atoms with van der Waals surface area (Å²) in [5.41, 5.74) is 1.16. The van der Waals surface area contributed by atoms with Crippen LogP contribution in [0.25, 0.3) is 0 Å². The van der Waals surface area contributed by atoms with Crippen LogP contribution < -0.4 is 0 Å². The zero-order valence-electron chi connectivity index (χ0n) is 8.51. The molecule has 0 aliphatic carbocycles. The van der Waals surface area contributed by atoms with Gasteiger partial charge >= 0.3 is 0 Å². The van der Waals surface area contributed by atoms with E-state index in [4.69, 9.17) is 0 Å². The Morgan fingerprint density at radius 1 is 1.33 bits per heavy atom. The average Bonchev–Trinajstić information content (AvgIpc) is 2.17. The SMILES string of the molecule is CC(C)c1cc2c(nn1)CC=NS2(=O)=O. The lowest BCUT2D eigenvalue weighted by atomic mass is 10.1. The molecule has 2 rings (SSSR count). The van der Waals surface area contributed by atoms with Gasteiger partial charge in [-0.2, -0.15) is 23.0 Å². The molecule has 0 spiro atoms. The lowest BCUT2D eigenvalue weighted by molar-refractivity contribution is 0.593. The van der Waals surface area contributed by atoms with Gasteiger partial charge < -0.3 is 0 Å². The Labute approximate surface area is 88.3 Å². The van der Waals surface area contributed by atoms with Crippen molar-refractivity contribution in [3.63, 3.8) is 0 Å². The second-order valence-electron chi connectivity index (χ2n) is 3.70. The van der Waals surface area contributed by atoms with Crippen LogP contribution in [-0.4, -0.2) is 24.8 Å². The van der Waals surface area contributed by atoms with Crippen molar-refractivity contribution >= 4 is 16.2 Å². The van der Waals surface area contributed by atoms with Crippen LogP contribution in [0.1, 0.15) is 31.2 Å². The second kappa shape index (κ2) is 3.37. The van der Waals surface area contributed by atoms with Crippen molar-refractivity contribution in [3.05, 3.63) is 17.5 Å². The van der Waals surface area contributed by atoms with Crippen LogP contribution in [-0.2, 0) is 16.4 Å². The highest BCUT2D eigenvalue weighted by atomic mass is 32.2. The van der Waals surface area contributed by atoms with E-state index >= 15 is 0 Å². The highest BCUT2D eigenvalue weighted by Gasteiger charge is 2.23. The number of fused-ring (bicyclic) bond motifs is 1. The van der Waals surface area contributed by atoms with Gasteiger partial charge in [0.05, 0.1) is 11.4 Å². The molecule has 0 amide bonds. The Hall–Kier alpha value is -1.30. The van der Waals surface area contributed by atoms with Crippen molar-refractivity contribution < 1.29 is 8.42 Å². The number of sulfonamides is 1. The van der Waals surface area contributed by atoms with Gasteiger partial charge in [0, 0.05) is 12.6 Å². The van der Waals surface area contributed by atoms with E-state index in [1.165, 1.54) is 6.21 Å². The Morgan fingerprint density at radius 3 is 2.73 bits per heavy atom. The van der Waals surface area contributed by atoms with Crippen molar-refractivity contribution in [2.45, 2.75) is 31.1 Å². The first kappa shape index (κ1) is 10.2. The molecule has 1 aromatic heterocycles. The molecule has 6 heteroatoms. The summed E-state index contributed by atoms with van der Waals surface area (Å²) in [5.74, 6) is 0.156. The highest BCUT2D eigenvalue weighted by molar-refractivity contribution is 7.90. The number of hydrogen-bond acceptors (Lipinski definition) is 4. The van der Waals surface area contributed by atoms with E-state index in [2.05, 4.69) is 14.6 Å². The Morgan fingerprint density at radius 2 is 2.07 bits per heavy atom. The predicted molar refractivity (Wildman–Crippen MR) is 55.5 cm³/mol. The molecule has 0 aromatic carbocycles. The summed E-state index contributed by atoms with van der Waals surface area (Å²) in [6, 6.07) is 1.57. The lowest BCUT2D eigenvalue weighted by Gasteiger charge is -2.11. The summed E-state index contributed by atoms with van der Waals surface area (Å²) in [5, 5.41) is 7.90. The topological polar surface area (TPSA) is 72.3 Å². The summed E-state index contributed by atoms with van der Waals surface area (Å²) >= 11 is 0. The second-order valence-corrected chi connectivity index (χ2v) is 5.30. The molecule has 0 fully saturated rings. The van der Waals surface area contributed by atoms with Gasteiger partial charge in [0.15, 0.2) is 0 Å². The third kappa shape index (κ3) is 1.77. The minimum absolute atomic E-state index is 0.156. The van der Waals surface area contributed by atoms with Gasteiger partial charge in [-0.05, 0) is 12.0 Å². The molecule has 0 bridgehead atoms. The lowest BCUT2D eigenvalue weighted by Crippen LogP contribution is -2.13. The molecule has 0 unspecified atom stereocenters. The third-order valence-electron chi connectivity index (χ3n) is 2.22. The molecule has 15 heavy (non-hydrogen) atoms. The molecule has 0 atom stereocenters. The quantitative estimate of drug-likeness (QED) is 0.712. The van der Waals surface area contributed by atoms with Crippen molar-refractivity contribution in [3.8, 4) is 0 Å². The highest BCUT2D eigenvalue weighted by Crippen LogP contribution is 2.22. The molecule has 1 aliphatic heterocycles. The van der Waals surface area contributed by atoms with Gasteiger partial charge in [-0.15, -0.1) is 0 Å². The van der Waals surface area contributed by atoms with E-state index in [1.54, 1.807) is 6.07 Å². The number of rotatable bonds is 1. The summed E-state index contributed by atoms with van der Waals surface area (Å²) in [4.78, 5) is 0.198. The van der Waals surface area contributed by atoms with Gasteiger partial charge in [0.25, 0.3) is 10.0 Å². The van der Waals surface area contributed by atoms with Crippen LogP contribution in [0, 0.1) is 0 Å². The smallest absolute Gasteiger partial charge is 0.199 e. The van der Waals surface area contributed by atoms with E-state index < -0.39 is 10.0 Å². The Bertz CT molecular complexity index is 520. The van der Waals surface area contributed by atoms with Crippen LogP contribution in [0.4, 0.5) is 0 Å². The zero-order chi connectivity index (χ0) is 11.1. The number of aromatic nitrogens is 2. The summed E-state index contributed by atoms with van der Waals surface area (Å²) < 4.78 is 26.6. The molecular formula is C9H11N3O2S. The van der Waals surface area contributed by atoms with E-state index in [-0.39, 0.29) is 10.8 Å². The first-order valence-corrected chi connectivity index (χ1v) is 6.10. The Balaban J connectivity index is 2.63. The van der Waals surface area contributed by atoms with Crippen LogP contribution in [0.15, 0.2) is 15.4 Å². The molecule has 1 aliphatic rings. The van der Waals surface area contributed by atoms with Crippen molar-refractivity contribution in [1.29, 1.82) is 0 Å².